The second-order valence-electron chi connectivity index (χ2n) is 5.81. The number of phenols is 1. The van der Waals surface area contributed by atoms with Gasteiger partial charge in [0, 0.05) is 30.0 Å². The van der Waals surface area contributed by atoms with Crippen molar-refractivity contribution >= 4 is 28.8 Å². The summed E-state index contributed by atoms with van der Waals surface area (Å²) in [5.74, 6) is -0.570. The van der Waals surface area contributed by atoms with Gasteiger partial charge in [0.25, 0.3) is 5.91 Å². The summed E-state index contributed by atoms with van der Waals surface area (Å²) in [6.45, 7) is 1.90. The van der Waals surface area contributed by atoms with Crippen molar-refractivity contribution in [3.8, 4) is 5.75 Å². The molecule has 1 aliphatic rings. The van der Waals surface area contributed by atoms with Crippen LogP contribution < -0.4 is 5.32 Å². The number of rotatable bonds is 4. The lowest BCUT2D eigenvalue weighted by Gasteiger charge is -2.36. The lowest BCUT2D eigenvalue weighted by Crippen LogP contribution is -2.53. The fourth-order valence-electron chi connectivity index (χ4n) is 2.79. The van der Waals surface area contributed by atoms with Crippen molar-refractivity contribution in [1.29, 1.82) is 0 Å². The topological polar surface area (TPSA) is 85.7 Å². The van der Waals surface area contributed by atoms with Crippen molar-refractivity contribution in [3.63, 3.8) is 0 Å². The number of benzene rings is 1. The van der Waals surface area contributed by atoms with E-state index in [1.165, 1.54) is 18.2 Å². The van der Waals surface area contributed by atoms with Crippen LogP contribution in [0, 0.1) is 0 Å². The van der Waals surface area contributed by atoms with Crippen LogP contribution in [0.15, 0.2) is 29.1 Å². The molecule has 3 N–H and O–H groups in total. The number of hydrogen-bond acceptors (Lipinski definition) is 6. The van der Waals surface area contributed by atoms with Crippen LogP contribution >= 0.6 is 22.9 Å². The summed E-state index contributed by atoms with van der Waals surface area (Å²) in [5, 5.41) is 25.3. The molecule has 0 saturated carbocycles. The van der Waals surface area contributed by atoms with E-state index in [1.807, 2.05) is 5.38 Å². The first kappa shape index (κ1) is 17.2. The molecule has 1 saturated heterocycles. The summed E-state index contributed by atoms with van der Waals surface area (Å²) in [6.07, 6.45) is -0.0547. The van der Waals surface area contributed by atoms with Crippen LogP contribution in [-0.2, 0) is 6.54 Å². The summed E-state index contributed by atoms with van der Waals surface area (Å²) in [7, 11) is 0. The molecule has 2 heterocycles. The molecule has 3 rings (SSSR count). The first-order valence-corrected chi connectivity index (χ1v) is 8.92. The van der Waals surface area contributed by atoms with Crippen molar-refractivity contribution in [2.45, 2.75) is 25.1 Å². The van der Waals surface area contributed by atoms with Crippen LogP contribution in [0.3, 0.4) is 0 Å². The lowest BCUT2D eigenvalue weighted by atomic mass is 10.0. The number of aromatic hydroxyl groups is 1. The molecular weight excluding hydrogens is 350 g/mol. The Labute approximate surface area is 148 Å². The Morgan fingerprint density at radius 2 is 2.33 bits per heavy atom. The van der Waals surface area contributed by atoms with Crippen LogP contribution in [0.5, 0.6) is 5.75 Å². The molecule has 0 spiro atoms. The zero-order chi connectivity index (χ0) is 17.1. The maximum atomic E-state index is 12.3. The van der Waals surface area contributed by atoms with Gasteiger partial charge in [0.2, 0.25) is 0 Å². The molecule has 0 bridgehead atoms. The second kappa shape index (κ2) is 7.48. The van der Waals surface area contributed by atoms with Crippen molar-refractivity contribution < 1.29 is 15.0 Å². The number of thiazole rings is 1. The number of amides is 1. The number of β-amino-alcohol motifs (C(OH)–C–C–N with tert-alkyl or cyclic N) is 1. The van der Waals surface area contributed by atoms with Gasteiger partial charge in [-0.05, 0) is 24.6 Å². The van der Waals surface area contributed by atoms with Gasteiger partial charge in [-0.15, -0.1) is 11.3 Å². The van der Waals surface area contributed by atoms with Gasteiger partial charge in [-0.2, -0.15) is 0 Å². The third kappa shape index (κ3) is 4.05. The molecule has 1 aromatic carbocycles. The SMILES string of the molecule is O=C(N[C@@H]1CCN(Cc2cscn2)C[C@H]1O)c1cc(Cl)ccc1O. The minimum atomic E-state index is -0.678. The van der Waals surface area contributed by atoms with E-state index < -0.39 is 12.0 Å². The largest absolute Gasteiger partial charge is 0.507 e. The molecule has 1 aromatic heterocycles. The first-order chi connectivity index (χ1) is 11.5. The first-order valence-electron chi connectivity index (χ1n) is 7.60. The molecule has 1 amide bonds. The molecule has 128 valence electrons. The minimum Gasteiger partial charge on any atom is -0.507 e. The van der Waals surface area contributed by atoms with Gasteiger partial charge in [-0.1, -0.05) is 11.6 Å². The van der Waals surface area contributed by atoms with Gasteiger partial charge >= 0.3 is 0 Å². The third-order valence-corrected chi connectivity index (χ3v) is 4.93. The maximum Gasteiger partial charge on any atom is 0.255 e. The Bertz CT molecular complexity index is 711. The highest BCUT2D eigenvalue weighted by molar-refractivity contribution is 7.07. The van der Waals surface area contributed by atoms with Crippen LogP contribution in [-0.4, -0.2) is 51.2 Å². The number of carbonyl (C=O) groups is 1. The molecule has 0 aliphatic carbocycles. The number of nitrogens with one attached hydrogen (secondary N) is 1. The number of hydrogen-bond donors (Lipinski definition) is 3. The molecule has 6 nitrogen and oxygen atoms in total. The van der Waals surface area contributed by atoms with E-state index in [0.29, 0.717) is 24.5 Å². The fourth-order valence-corrected chi connectivity index (χ4v) is 3.51. The normalized spacial score (nSPS) is 21.6. The highest BCUT2D eigenvalue weighted by Crippen LogP contribution is 2.22. The number of aromatic nitrogens is 1. The maximum absolute atomic E-state index is 12.3. The Morgan fingerprint density at radius 1 is 1.50 bits per heavy atom. The van der Waals surface area contributed by atoms with E-state index in [1.54, 1.807) is 16.8 Å². The summed E-state index contributed by atoms with van der Waals surface area (Å²) < 4.78 is 0. The molecule has 2 aromatic rings. The number of aliphatic hydroxyl groups is 1. The van der Waals surface area contributed by atoms with Crippen molar-refractivity contribution in [3.05, 3.63) is 45.4 Å². The second-order valence-corrected chi connectivity index (χ2v) is 6.97. The van der Waals surface area contributed by atoms with Gasteiger partial charge in [-0.3, -0.25) is 9.69 Å². The van der Waals surface area contributed by atoms with Gasteiger partial charge in [0.15, 0.2) is 0 Å². The molecule has 1 aliphatic heterocycles. The molecular formula is C16H18ClN3O3S. The van der Waals surface area contributed by atoms with Crippen LogP contribution in [0.1, 0.15) is 22.5 Å². The zero-order valence-electron chi connectivity index (χ0n) is 12.9. The van der Waals surface area contributed by atoms with E-state index in [9.17, 15) is 15.0 Å². The Morgan fingerprint density at radius 3 is 3.04 bits per heavy atom. The molecule has 0 unspecified atom stereocenters. The number of halogens is 1. The quantitative estimate of drug-likeness (QED) is 0.768. The van der Waals surface area contributed by atoms with Crippen molar-refractivity contribution in [2.75, 3.05) is 13.1 Å². The predicted molar refractivity (Wildman–Crippen MR) is 92.4 cm³/mol. The van der Waals surface area contributed by atoms with E-state index in [-0.39, 0.29) is 17.4 Å². The van der Waals surface area contributed by atoms with Crippen molar-refractivity contribution in [1.82, 2.24) is 15.2 Å². The van der Waals surface area contributed by atoms with E-state index >= 15 is 0 Å². The number of nitrogens with zero attached hydrogens (tertiary/aromatic N) is 2. The zero-order valence-corrected chi connectivity index (χ0v) is 14.4. The molecule has 2 atom stereocenters. The Balaban J connectivity index is 1.58. The summed E-state index contributed by atoms with van der Waals surface area (Å²) >= 11 is 7.41. The average Bonchev–Trinajstić information content (AvgIpc) is 3.05. The van der Waals surface area contributed by atoms with Gasteiger partial charge < -0.3 is 15.5 Å². The van der Waals surface area contributed by atoms with Gasteiger partial charge in [0.1, 0.15) is 5.75 Å². The van der Waals surface area contributed by atoms with E-state index in [2.05, 4.69) is 15.2 Å². The average molecular weight is 368 g/mol. The Kier molecular flexibility index (Phi) is 5.35. The monoisotopic (exact) mass is 367 g/mol. The molecule has 8 heteroatoms. The number of piperidine rings is 1. The van der Waals surface area contributed by atoms with Gasteiger partial charge in [0.05, 0.1) is 28.9 Å². The van der Waals surface area contributed by atoms with Crippen LogP contribution in [0.2, 0.25) is 5.02 Å². The smallest absolute Gasteiger partial charge is 0.255 e. The highest BCUT2D eigenvalue weighted by Gasteiger charge is 2.29. The number of phenolic OH excluding ortho intramolecular Hbond substituents is 1. The Hall–Kier alpha value is -1.67. The fraction of sp³-hybridized carbons (Fsp3) is 0.375. The van der Waals surface area contributed by atoms with E-state index in [4.69, 9.17) is 11.6 Å². The molecule has 0 radical (unpaired) electrons. The number of aliphatic hydroxyl groups excluding tert-OH is 1. The summed E-state index contributed by atoms with van der Waals surface area (Å²) in [5.41, 5.74) is 2.88. The van der Waals surface area contributed by atoms with Gasteiger partial charge in [-0.25, -0.2) is 4.98 Å². The number of carbonyl (C=O) groups excluding carboxylic acids is 1. The van der Waals surface area contributed by atoms with Crippen LogP contribution in [0.25, 0.3) is 0 Å². The summed E-state index contributed by atoms with van der Waals surface area (Å²) in [6, 6.07) is 3.95. The number of likely N-dealkylation sites (tertiary alicyclic amines) is 1. The third-order valence-electron chi connectivity index (χ3n) is 4.05. The molecule has 1 fully saturated rings. The summed E-state index contributed by atoms with van der Waals surface area (Å²) in [4.78, 5) is 18.7. The standard InChI is InChI=1S/C16H18ClN3O3S/c17-10-1-2-14(21)12(5-10)16(23)19-13-3-4-20(7-15(13)22)6-11-8-24-9-18-11/h1-2,5,8-9,13,15,21-22H,3-4,6-7H2,(H,19,23)/t13-,15-/m1/s1. The lowest BCUT2D eigenvalue weighted by molar-refractivity contribution is 0.0345. The van der Waals surface area contributed by atoms with Crippen LogP contribution in [0.4, 0.5) is 0 Å². The predicted octanol–water partition coefficient (Wildman–Crippen LogP) is 1.87. The highest BCUT2D eigenvalue weighted by atomic mass is 35.5. The van der Waals surface area contributed by atoms with Crippen molar-refractivity contribution in [2.24, 2.45) is 0 Å². The van der Waals surface area contributed by atoms with E-state index in [0.717, 1.165) is 12.2 Å². The molecule has 24 heavy (non-hydrogen) atoms. The minimum absolute atomic E-state index is 0.111.